The number of hydrogen-bond donors (Lipinski definition) is 0. The molecule has 2 aromatic heterocycles. The summed E-state index contributed by atoms with van der Waals surface area (Å²) in [6, 6.07) is 0.0972. The number of fused-ring (bicyclic) bond motifs is 2. The molecule has 8 nitrogen and oxygen atoms in total. The van der Waals surface area contributed by atoms with Gasteiger partial charge >= 0.3 is 6.09 Å². The van der Waals surface area contributed by atoms with Gasteiger partial charge < -0.3 is 9.64 Å². The van der Waals surface area contributed by atoms with Crippen molar-refractivity contribution in [3.05, 3.63) is 12.0 Å². The predicted octanol–water partition coefficient (Wildman–Crippen LogP) is 2.47. The van der Waals surface area contributed by atoms with Crippen molar-refractivity contribution in [2.24, 2.45) is 5.92 Å². The van der Waals surface area contributed by atoms with Gasteiger partial charge in [0.1, 0.15) is 18.8 Å². The highest BCUT2D eigenvalue weighted by atomic mass is 16.6. The summed E-state index contributed by atoms with van der Waals surface area (Å²) >= 11 is 0. The Balaban J connectivity index is 1.72. The zero-order valence-electron chi connectivity index (χ0n) is 16.4. The molecule has 0 aromatic carbocycles. The third-order valence-electron chi connectivity index (χ3n) is 5.32. The van der Waals surface area contributed by atoms with Crippen LogP contribution in [0.3, 0.4) is 0 Å². The molecule has 0 saturated carbocycles. The molecule has 0 bridgehead atoms. The fourth-order valence-electron chi connectivity index (χ4n) is 3.98. The summed E-state index contributed by atoms with van der Waals surface area (Å²) in [6.45, 7) is 10.1. The molecule has 2 saturated heterocycles. The van der Waals surface area contributed by atoms with E-state index in [1.54, 1.807) is 6.33 Å². The molecule has 0 aliphatic carbocycles. The summed E-state index contributed by atoms with van der Waals surface area (Å²) in [7, 11) is 0. The SMILES string of the molecule is CCCCn1nc(CC(C)C)c2c(N3CCN4C(=O)OCC4C3)ncnc21. The topological polar surface area (TPSA) is 76.4 Å². The Labute approximate surface area is 159 Å². The van der Waals surface area contributed by atoms with E-state index >= 15 is 0 Å². The number of amides is 1. The van der Waals surface area contributed by atoms with Crippen molar-refractivity contribution in [2.45, 2.75) is 52.6 Å². The van der Waals surface area contributed by atoms with E-state index in [0.717, 1.165) is 61.4 Å². The van der Waals surface area contributed by atoms with Gasteiger partial charge in [-0.2, -0.15) is 5.10 Å². The minimum atomic E-state index is -0.194. The van der Waals surface area contributed by atoms with Gasteiger partial charge in [-0.1, -0.05) is 27.2 Å². The van der Waals surface area contributed by atoms with E-state index in [2.05, 4.69) is 35.6 Å². The van der Waals surface area contributed by atoms with Crippen LogP contribution in [-0.2, 0) is 17.7 Å². The number of ether oxygens (including phenoxy) is 1. The molecule has 146 valence electrons. The first-order valence-corrected chi connectivity index (χ1v) is 9.97. The molecule has 2 aromatic rings. The summed E-state index contributed by atoms with van der Waals surface area (Å²) in [5.74, 6) is 1.45. The molecule has 27 heavy (non-hydrogen) atoms. The van der Waals surface area contributed by atoms with Gasteiger partial charge in [0.05, 0.1) is 17.1 Å². The highest BCUT2D eigenvalue weighted by Gasteiger charge is 2.38. The molecule has 4 heterocycles. The number of rotatable bonds is 6. The first kappa shape index (κ1) is 18.0. The molecule has 1 amide bonds. The number of carbonyl (C=O) groups is 1. The van der Waals surface area contributed by atoms with Crippen molar-refractivity contribution < 1.29 is 9.53 Å². The van der Waals surface area contributed by atoms with Crippen LogP contribution in [0.2, 0.25) is 0 Å². The highest BCUT2D eigenvalue weighted by molar-refractivity contribution is 5.90. The van der Waals surface area contributed by atoms with Crippen LogP contribution in [-0.4, -0.2) is 63.0 Å². The van der Waals surface area contributed by atoms with Crippen LogP contribution in [0.25, 0.3) is 11.0 Å². The van der Waals surface area contributed by atoms with Crippen LogP contribution >= 0.6 is 0 Å². The number of cyclic esters (lactones) is 1. The van der Waals surface area contributed by atoms with E-state index in [0.29, 0.717) is 19.1 Å². The first-order chi connectivity index (χ1) is 13.1. The van der Waals surface area contributed by atoms with Gasteiger partial charge in [0, 0.05) is 26.2 Å². The first-order valence-electron chi connectivity index (χ1n) is 9.97. The maximum atomic E-state index is 11.8. The molecule has 2 aliphatic rings. The van der Waals surface area contributed by atoms with E-state index in [1.165, 1.54) is 0 Å². The van der Waals surface area contributed by atoms with Crippen molar-refractivity contribution in [1.82, 2.24) is 24.6 Å². The minimum absolute atomic E-state index is 0.0972. The molecule has 0 spiro atoms. The van der Waals surface area contributed by atoms with Crippen LogP contribution in [0.5, 0.6) is 0 Å². The normalized spacial score (nSPS) is 19.9. The summed E-state index contributed by atoms with van der Waals surface area (Å²) in [4.78, 5) is 25.1. The van der Waals surface area contributed by atoms with E-state index in [4.69, 9.17) is 9.84 Å². The van der Waals surface area contributed by atoms with Gasteiger partial charge in [-0.25, -0.2) is 19.4 Å². The molecular formula is C19H28N6O2. The Hall–Kier alpha value is -2.38. The zero-order chi connectivity index (χ0) is 19.0. The second kappa shape index (κ2) is 7.32. The minimum Gasteiger partial charge on any atom is -0.447 e. The van der Waals surface area contributed by atoms with Crippen LogP contribution < -0.4 is 4.90 Å². The Bertz CT molecular complexity index is 833. The summed E-state index contributed by atoms with van der Waals surface area (Å²) in [5.41, 5.74) is 2.00. The van der Waals surface area contributed by atoms with Crippen LogP contribution in [0, 0.1) is 5.92 Å². The standard InChI is InChI=1S/C19H28N6O2/c1-4-5-6-25-18-16(15(22-25)9-13(2)3)17(20-12-21-18)23-7-8-24-14(10-23)11-27-19(24)26/h12-14H,4-11H2,1-3H3. The van der Waals surface area contributed by atoms with E-state index in [1.807, 2.05) is 9.58 Å². The Morgan fingerprint density at radius 1 is 1.30 bits per heavy atom. The fraction of sp³-hybridized carbons (Fsp3) is 0.684. The van der Waals surface area contributed by atoms with Crippen LogP contribution in [0.4, 0.5) is 10.6 Å². The third kappa shape index (κ3) is 3.33. The van der Waals surface area contributed by atoms with E-state index in [-0.39, 0.29) is 12.1 Å². The van der Waals surface area contributed by atoms with Crippen molar-refractivity contribution in [3.8, 4) is 0 Å². The maximum absolute atomic E-state index is 11.8. The Morgan fingerprint density at radius 3 is 2.93 bits per heavy atom. The average Bonchev–Trinajstić information content (AvgIpc) is 3.20. The highest BCUT2D eigenvalue weighted by Crippen LogP contribution is 2.30. The summed E-state index contributed by atoms with van der Waals surface area (Å²) in [5, 5.41) is 5.97. The van der Waals surface area contributed by atoms with Crippen molar-refractivity contribution in [2.75, 3.05) is 31.1 Å². The number of nitrogens with zero attached hydrogens (tertiary/aromatic N) is 6. The van der Waals surface area contributed by atoms with E-state index in [9.17, 15) is 4.79 Å². The zero-order valence-corrected chi connectivity index (χ0v) is 16.4. The molecule has 1 atom stereocenters. The van der Waals surface area contributed by atoms with Crippen molar-refractivity contribution in [3.63, 3.8) is 0 Å². The Kier molecular flexibility index (Phi) is 4.88. The number of carbonyl (C=O) groups excluding carboxylic acids is 1. The number of aromatic nitrogens is 4. The lowest BCUT2D eigenvalue weighted by Gasteiger charge is -2.36. The molecule has 0 N–H and O–H groups in total. The van der Waals surface area contributed by atoms with Crippen LogP contribution in [0.1, 0.15) is 39.3 Å². The quantitative estimate of drug-likeness (QED) is 0.775. The third-order valence-corrected chi connectivity index (χ3v) is 5.32. The van der Waals surface area contributed by atoms with Gasteiger partial charge in [-0.3, -0.25) is 4.90 Å². The smallest absolute Gasteiger partial charge is 0.410 e. The number of unbranched alkanes of at least 4 members (excludes halogenated alkanes) is 1. The lowest BCUT2D eigenvalue weighted by atomic mass is 10.1. The van der Waals surface area contributed by atoms with Gasteiger partial charge in [0.2, 0.25) is 0 Å². The number of hydrogen-bond acceptors (Lipinski definition) is 6. The molecule has 1 unspecified atom stereocenters. The van der Waals surface area contributed by atoms with Gasteiger partial charge in [0.15, 0.2) is 5.65 Å². The van der Waals surface area contributed by atoms with Gasteiger partial charge in [0.25, 0.3) is 0 Å². The van der Waals surface area contributed by atoms with Gasteiger partial charge in [-0.15, -0.1) is 0 Å². The van der Waals surface area contributed by atoms with Crippen molar-refractivity contribution >= 4 is 22.9 Å². The number of anilines is 1. The average molecular weight is 372 g/mol. The second-order valence-electron chi connectivity index (χ2n) is 7.89. The van der Waals surface area contributed by atoms with Gasteiger partial charge in [-0.05, 0) is 18.8 Å². The molecule has 2 fully saturated rings. The summed E-state index contributed by atoms with van der Waals surface area (Å²) in [6.07, 6.45) is 4.55. The molecule has 2 aliphatic heterocycles. The largest absolute Gasteiger partial charge is 0.447 e. The molecular weight excluding hydrogens is 344 g/mol. The second-order valence-corrected chi connectivity index (χ2v) is 7.89. The Morgan fingerprint density at radius 2 is 2.15 bits per heavy atom. The lowest BCUT2D eigenvalue weighted by molar-refractivity contribution is 0.157. The van der Waals surface area contributed by atoms with Crippen LogP contribution in [0.15, 0.2) is 6.33 Å². The van der Waals surface area contributed by atoms with Crippen molar-refractivity contribution in [1.29, 1.82) is 0 Å². The molecule has 4 rings (SSSR count). The molecule has 8 heteroatoms. The number of piperazine rings is 1. The summed E-state index contributed by atoms with van der Waals surface area (Å²) < 4.78 is 7.25. The maximum Gasteiger partial charge on any atom is 0.410 e. The van der Waals surface area contributed by atoms with E-state index < -0.39 is 0 Å². The fourth-order valence-corrected chi connectivity index (χ4v) is 3.98. The predicted molar refractivity (Wildman–Crippen MR) is 103 cm³/mol. The monoisotopic (exact) mass is 372 g/mol. The molecule has 0 radical (unpaired) electrons. The number of aryl methyl sites for hydroxylation is 1. The lowest BCUT2D eigenvalue weighted by Crippen LogP contribution is -2.52.